The van der Waals surface area contributed by atoms with Crippen molar-refractivity contribution in [2.75, 3.05) is 11.1 Å². The molecular formula is C19H18N4O. The highest BCUT2D eigenvalue weighted by atomic mass is 16.2. The van der Waals surface area contributed by atoms with Crippen LogP contribution in [0.5, 0.6) is 0 Å². The van der Waals surface area contributed by atoms with E-state index in [-0.39, 0.29) is 17.8 Å². The summed E-state index contributed by atoms with van der Waals surface area (Å²) < 4.78 is 0. The van der Waals surface area contributed by atoms with Crippen molar-refractivity contribution >= 4 is 28.4 Å². The molecule has 4 rings (SSSR count). The van der Waals surface area contributed by atoms with E-state index < -0.39 is 0 Å². The van der Waals surface area contributed by atoms with Gasteiger partial charge in [0.15, 0.2) is 0 Å². The van der Waals surface area contributed by atoms with Gasteiger partial charge in [-0.1, -0.05) is 18.2 Å². The minimum Gasteiger partial charge on any atom is -0.368 e. The second-order valence-electron chi connectivity index (χ2n) is 6.26. The first-order valence-corrected chi connectivity index (χ1v) is 8.08. The third-order valence-electron chi connectivity index (χ3n) is 4.21. The third-order valence-corrected chi connectivity index (χ3v) is 4.21. The minimum atomic E-state index is 0.132. The van der Waals surface area contributed by atoms with Gasteiger partial charge in [-0.25, -0.2) is 9.97 Å². The molecule has 24 heavy (non-hydrogen) atoms. The van der Waals surface area contributed by atoms with Crippen LogP contribution in [0.15, 0.2) is 48.7 Å². The number of nitrogens with two attached hydrogens (primary N) is 1. The van der Waals surface area contributed by atoms with Crippen LogP contribution < -0.4 is 11.1 Å². The summed E-state index contributed by atoms with van der Waals surface area (Å²) in [7, 11) is 0. The van der Waals surface area contributed by atoms with Crippen molar-refractivity contribution in [3.8, 4) is 0 Å². The lowest BCUT2D eigenvalue weighted by Gasteiger charge is -2.08. The average molecular weight is 318 g/mol. The molecule has 0 saturated heterocycles. The smallest absolute Gasteiger partial charge is 0.227 e. The minimum absolute atomic E-state index is 0.132. The lowest BCUT2D eigenvalue weighted by Crippen LogP contribution is -2.13. The summed E-state index contributed by atoms with van der Waals surface area (Å²) in [4.78, 5) is 20.1. The van der Waals surface area contributed by atoms with Crippen molar-refractivity contribution in [3.63, 3.8) is 0 Å². The van der Waals surface area contributed by atoms with E-state index in [0.29, 0.717) is 0 Å². The van der Waals surface area contributed by atoms with Gasteiger partial charge in [0.1, 0.15) is 0 Å². The maximum absolute atomic E-state index is 11.9. The van der Waals surface area contributed by atoms with Gasteiger partial charge in [0, 0.05) is 23.2 Å². The number of amides is 1. The third kappa shape index (κ3) is 3.20. The Morgan fingerprint density at radius 3 is 2.83 bits per heavy atom. The van der Waals surface area contributed by atoms with Crippen LogP contribution in [0.4, 0.5) is 11.6 Å². The molecular weight excluding hydrogens is 300 g/mol. The van der Waals surface area contributed by atoms with Gasteiger partial charge in [0.05, 0.1) is 5.52 Å². The van der Waals surface area contributed by atoms with Crippen LogP contribution in [0, 0.1) is 5.92 Å². The number of carbonyl (C=O) groups excluding carboxylic acids is 1. The molecule has 0 unspecified atom stereocenters. The van der Waals surface area contributed by atoms with Gasteiger partial charge < -0.3 is 11.1 Å². The van der Waals surface area contributed by atoms with Gasteiger partial charge in [-0.3, -0.25) is 4.79 Å². The zero-order chi connectivity index (χ0) is 16.5. The fourth-order valence-electron chi connectivity index (χ4n) is 2.79. The zero-order valence-electron chi connectivity index (χ0n) is 13.2. The van der Waals surface area contributed by atoms with Gasteiger partial charge >= 0.3 is 0 Å². The van der Waals surface area contributed by atoms with Crippen LogP contribution in [-0.4, -0.2) is 15.9 Å². The Kier molecular flexibility index (Phi) is 3.61. The van der Waals surface area contributed by atoms with E-state index in [1.54, 1.807) is 6.20 Å². The van der Waals surface area contributed by atoms with Crippen molar-refractivity contribution in [2.24, 2.45) is 5.92 Å². The molecule has 1 fully saturated rings. The predicted octanol–water partition coefficient (Wildman–Crippen LogP) is 3.15. The maximum atomic E-state index is 11.9. The first-order valence-electron chi connectivity index (χ1n) is 8.08. The normalized spacial score (nSPS) is 13.8. The van der Waals surface area contributed by atoms with E-state index >= 15 is 0 Å². The monoisotopic (exact) mass is 318 g/mol. The summed E-state index contributed by atoms with van der Waals surface area (Å²) >= 11 is 0. The van der Waals surface area contributed by atoms with E-state index in [1.165, 1.54) is 5.56 Å². The Morgan fingerprint density at radius 1 is 1.17 bits per heavy atom. The lowest BCUT2D eigenvalue weighted by molar-refractivity contribution is -0.117. The van der Waals surface area contributed by atoms with E-state index in [2.05, 4.69) is 27.4 Å². The first kappa shape index (κ1) is 14.6. The Bertz CT molecular complexity index is 918. The van der Waals surface area contributed by atoms with Crippen LogP contribution in [-0.2, 0) is 11.2 Å². The van der Waals surface area contributed by atoms with Gasteiger partial charge in [-0.2, -0.15) is 0 Å². The second-order valence-corrected chi connectivity index (χ2v) is 6.26. The number of rotatable bonds is 4. The van der Waals surface area contributed by atoms with Gasteiger partial charge in [0.25, 0.3) is 0 Å². The molecule has 0 aliphatic heterocycles. The Morgan fingerprint density at radius 2 is 2.00 bits per heavy atom. The average Bonchev–Trinajstić information content (AvgIpc) is 3.40. The van der Waals surface area contributed by atoms with E-state index in [1.807, 2.05) is 30.3 Å². The number of anilines is 2. The summed E-state index contributed by atoms with van der Waals surface area (Å²) in [5.74, 6) is 0.628. The highest BCUT2D eigenvalue weighted by Gasteiger charge is 2.29. The molecule has 2 aromatic carbocycles. The number of carbonyl (C=O) groups is 1. The van der Waals surface area contributed by atoms with Gasteiger partial charge in [-0.15, -0.1) is 0 Å². The fraction of sp³-hybridized carbons (Fsp3) is 0.211. The highest BCUT2D eigenvalue weighted by molar-refractivity contribution is 5.94. The fourth-order valence-corrected chi connectivity index (χ4v) is 2.79. The Balaban J connectivity index is 1.54. The quantitative estimate of drug-likeness (QED) is 0.774. The van der Waals surface area contributed by atoms with Crippen LogP contribution in [0.25, 0.3) is 10.9 Å². The number of fused-ring (bicyclic) bond motifs is 1. The molecule has 1 aliphatic carbocycles. The summed E-state index contributed by atoms with van der Waals surface area (Å²) in [6, 6.07) is 14.1. The molecule has 120 valence electrons. The van der Waals surface area contributed by atoms with Crippen molar-refractivity contribution in [2.45, 2.75) is 19.3 Å². The lowest BCUT2D eigenvalue weighted by atomic mass is 10.0. The van der Waals surface area contributed by atoms with E-state index in [4.69, 9.17) is 5.73 Å². The molecule has 1 aromatic heterocycles. The number of nitrogens with one attached hydrogen (secondary N) is 1. The number of nitrogen functional groups attached to an aromatic ring is 1. The predicted molar refractivity (Wildman–Crippen MR) is 94.6 cm³/mol. The molecule has 3 aromatic rings. The largest absolute Gasteiger partial charge is 0.368 e. The molecule has 1 heterocycles. The van der Waals surface area contributed by atoms with Gasteiger partial charge in [-0.05, 0) is 54.7 Å². The second kappa shape index (κ2) is 5.92. The van der Waals surface area contributed by atoms with Gasteiger partial charge in [0.2, 0.25) is 11.9 Å². The number of hydrogen-bond donors (Lipinski definition) is 2. The summed E-state index contributed by atoms with van der Waals surface area (Å²) in [5.41, 5.74) is 9.64. The standard InChI is InChI=1S/C19H18N4O/c20-19-21-11-15-9-13(4-7-17(15)23-19)8-12-2-1-3-16(10-12)22-18(24)14-5-6-14/h1-4,7,9-11,14H,5-6,8H2,(H,22,24)(H2,20,21,23). The molecule has 5 heteroatoms. The number of benzene rings is 2. The summed E-state index contributed by atoms with van der Waals surface area (Å²) in [6.07, 6.45) is 4.55. The highest BCUT2D eigenvalue weighted by Crippen LogP contribution is 2.30. The Labute approximate surface area is 139 Å². The van der Waals surface area contributed by atoms with Crippen molar-refractivity contribution in [3.05, 3.63) is 59.8 Å². The molecule has 3 N–H and O–H groups in total. The maximum Gasteiger partial charge on any atom is 0.227 e. The van der Waals surface area contributed by atoms with Crippen molar-refractivity contribution in [1.29, 1.82) is 0 Å². The van der Waals surface area contributed by atoms with Crippen LogP contribution in [0.1, 0.15) is 24.0 Å². The molecule has 0 spiro atoms. The summed E-state index contributed by atoms with van der Waals surface area (Å²) in [5, 5.41) is 3.97. The Hall–Kier alpha value is -2.95. The number of aromatic nitrogens is 2. The topological polar surface area (TPSA) is 80.9 Å². The molecule has 1 saturated carbocycles. The van der Waals surface area contributed by atoms with E-state index in [9.17, 15) is 4.79 Å². The summed E-state index contributed by atoms with van der Waals surface area (Å²) in [6.45, 7) is 0. The SMILES string of the molecule is Nc1ncc2cc(Cc3cccc(NC(=O)C4CC4)c3)ccc2n1. The molecule has 0 radical (unpaired) electrons. The van der Waals surface area contributed by atoms with E-state index in [0.717, 1.165) is 41.4 Å². The van der Waals surface area contributed by atoms with Crippen molar-refractivity contribution in [1.82, 2.24) is 9.97 Å². The van der Waals surface area contributed by atoms with Crippen LogP contribution in [0.3, 0.4) is 0 Å². The van der Waals surface area contributed by atoms with Crippen LogP contribution >= 0.6 is 0 Å². The number of nitrogens with zero attached hydrogens (tertiary/aromatic N) is 2. The first-order chi connectivity index (χ1) is 11.7. The molecule has 0 bridgehead atoms. The molecule has 5 nitrogen and oxygen atoms in total. The molecule has 0 atom stereocenters. The number of hydrogen-bond acceptors (Lipinski definition) is 4. The van der Waals surface area contributed by atoms with Crippen molar-refractivity contribution < 1.29 is 4.79 Å². The van der Waals surface area contributed by atoms with Crippen LogP contribution in [0.2, 0.25) is 0 Å². The molecule has 1 amide bonds. The molecule has 1 aliphatic rings. The zero-order valence-corrected chi connectivity index (χ0v) is 13.2.